The molecule has 1 N–H and O–H groups in total. The second-order valence-corrected chi connectivity index (χ2v) is 5.42. The van der Waals surface area contributed by atoms with Gasteiger partial charge in [0.25, 0.3) is 0 Å². The van der Waals surface area contributed by atoms with Gasteiger partial charge in [-0.2, -0.15) is 0 Å². The van der Waals surface area contributed by atoms with Crippen molar-refractivity contribution in [1.82, 2.24) is 10.3 Å². The zero-order valence-corrected chi connectivity index (χ0v) is 12.7. The Kier molecular flexibility index (Phi) is 5.31. The zero-order chi connectivity index (χ0) is 14.4. The Morgan fingerprint density at radius 2 is 1.80 bits per heavy atom. The molecular weight excluding hydrogens is 244 g/mol. The van der Waals surface area contributed by atoms with Crippen LogP contribution in [0, 0.1) is 13.8 Å². The molecule has 0 amide bonds. The highest BCUT2D eigenvalue weighted by Gasteiger charge is 2.11. The van der Waals surface area contributed by atoms with Crippen LogP contribution < -0.4 is 5.32 Å². The number of likely N-dealkylation sites (N-methyl/N-ethyl adjacent to an activating group) is 1. The number of hydrogen-bond donors (Lipinski definition) is 1. The van der Waals surface area contributed by atoms with Crippen molar-refractivity contribution < 1.29 is 0 Å². The van der Waals surface area contributed by atoms with Crippen LogP contribution in [0.1, 0.15) is 28.8 Å². The van der Waals surface area contributed by atoms with E-state index in [1.165, 1.54) is 22.4 Å². The van der Waals surface area contributed by atoms with E-state index in [9.17, 15) is 0 Å². The highest BCUT2D eigenvalue weighted by Crippen LogP contribution is 2.17. The smallest absolute Gasteiger partial charge is 0.0404 e. The second-order valence-electron chi connectivity index (χ2n) is 5.42. The molecule has 2 nitrogen and oxygen atoms in total. The lowest BCUT2D eigenvalue weighted by molar-refractivity contribution is 0.515. The van der Waals surface area contributed by atoms with Crippen molar-refractivity contribution in [3.05, 3.63) is 65.0 Å². The Morgan fingerprint density at radius 1 is 1.05 bits per heavy atom. The summed E-state index contributed by atoms with van der Waals surface area (Å²) < 4.78 is 0. The number of nitrogens with zero attached hydrogens (tertiary/aromatic N) is 1. The molecule has 0 aliphatic rings. The third kappa shape index (κ3) is 3.91. The SMILES string of the molecule is CNC(CCc1ccccn1)Cc1c(C)cccc1C. The average Bonchev–Trinajstić information content (AvgIpc) is 2.47. The molecule has 2 heteroatoms. The average molecular weight is 268 g/mol. The molecule has 1 atom stereocenters. The number of aryl methyl sites for hydroxylation is 3. The molecule has 2 rings (SSSR count). The van der Waals surface area contributed by atoms with Crippen LogP contribution in [0.3, 0.4) is 0 Å². The summed E-state index contributed by atoms with van der Waals surface area (Å²) in [5.74, 6) is 0. The molecule has 1 unspecified atom stereocenters. The topological polar surface area (TPSA) is 24.9 Å². The lowest BCUT2D eigenvalue weighted by Crippen LogP contribution is -2.28. The molecule has 106 valence electrons. The molecular formula is C18H24N2. The molecule has 0 radical (unpaired) electrons. The van der Waals surface area contributed by atoms with E-state index >= 15 is 0 Å². The monoisotopic (exact) mass is 268 g/mol. The lowest BCUT2D eigenvalue weighted by atomic mass is 9.94. The number of rotatable bonds is 6. The van der Waals surface area contributed by atoms with Crippen LogP contribution in [0.4, 0.5) is 0 Å². The second kappa shape index (κ2) is 7.20. The first-order valence-electron chi connectivity index (χ1n) is 7.33. The van der Waals surface area contributed by atoms with E-state index in [1.54, 1.807) is 0 Å². The van der Waals surface area contributed by atoms with E-state index in [4.69, 9.17) is 0 Å². The molecule has 1 aromatic heterocycles. The van der Waals surface area contributed by atoms with Crippen molar-refractivity contribution in [3.63, 3.8) is 0 Å². The largest absolute Gasteiger partial charge is 0.317 e. The zero-order valence-electron chi connectivity index (χ0n) is 12.7. The van der Waals surface area contributed by atoms with Crippen molar-refractivity contribution >= 4 is 0 Å². The molecule has 1 heterocycles. The highest BCUT2D eigenvalue weighted by atomic mass is 14.9. The summed E-state index contributed by atoms with van der Waals surface area (Å²) in [5.41, 5.74) is 5.44. The van der Waals surface area contributed by atoms with E-state index in [2.05, 4.69) is 61.5 Å². The van der Waals surface area contributed by atoms with Crippen LogP contribution in [-0.2, 0) is 12.8 Å². The van der Waals surface area contributed by atoms with Gasteiger partial charge >= 0.3 is 0 Å². The number of pyridine rings is 1. The van der Waals surface area contributed by atoms with Gasteiger partial charge in [0.2, 0.25) is 0 Å². The van der Waals surface area contributed by atoms with Gasteiger partial charge in [-0.15, -0.1) is 0 Å². The van der Waals surface area contributed by atoms with E-state index in [0.29, 0.717) is 6.04 Å². The molecule has 20 heavy (non-hydrogen) atoms. The minimum atomic E-state index is 0.497. The van der Waals surface area contributed by atoms with Crippen LogP contribution in [0.15, 0.2) is 42.6 Å². The maximum Gasteiger partial charge on any atom is 0.0404 e. The summed E-state index contributed by atoms with van der Waals surface area (Å²) >= 11 is 0. The van der Waals surface area contributed by atoms with E-state index < -0.39 is 0 Å². The third-order valence-corrected chi connectivity index (χ3v) is 3.98. The number of nitrogens with one attached hydrogen (secondary N) is 1. The fourth-order valence-corrected chi connectivity index (χ4v) is 2.63. The van der Waals surface area contributed by atoms with Crippen molar-refractivity contribution in [3.8, 4) is 0 Å². The molecule has 0 bridgehead atoms. The van der Waals surface area contributed by atoms with Gasteiger partial charge in [0.05, 0.1) is 0 Å². The van der Waals surface area contributed by atoms with Gasteiger partial charge in [-0.1, -0.05) is 24.3 Å². The summed E-state index contributed by atoms with van der Waals surface area (Å²) in [6, 6.07) is 13.2. The van der Waals surface area contributed by atoms with Crippen LogP contribution in [0.2, 0.25) is 0 Å². The minimum absolute atomic E-state index is 0.497. The Balaban J connectivity index is 1.99. The summed E-state index contributed by atoms with van der Waals surface area (Å²) in [5, 5.41) is 3.45. The minimum Gasteiger partial charge on any atom is -0.317 e. The highest BCUT2D eigenvalue weighted by molar-refractivity contribution is 5.34. The van der Waals surface area contributed by atoms with Crippen molar-refractivity contribution in [1.29, 1.82) is 0 Å². The van der Waals surface area contributed by atoms with Gasteiger partial charge in [-0.05, 0) is 69.0 Å². The molecule has 0 fully saturated rings. The maximum atomic E-state index is 4.40. The van der Waals surface area contributed by atoms with E-state index in [-0.39, 0.29) is 0 Å². The van der Waals surface area contributed by atoms with Gasteiger partial charge < -0.3 is 5.32 Å². The van der Waals surface area contributed by atoms with Crippen molar-refractivity contribution in [2.24, 2.45) is 0 Å². The Labute approximate surface area is 122 Å². The van der Waals surface area contributed by atoms with E-state index in [1.807, 2.05) is 12.3 Å². The van der Waals surface area contributed by atoms with Crippen LogP contribution in [-0.4, -0.2) is 18.1 Å². The molecule has 0 aliphatic heterocycles. The molecule has 1 aromatic carbocycles. The Bertz CT molecular complexity index is 514. The van der Waals surface area contributed by atoms with Gasteiger partial charge in [0.1, 0.15) is 0 Å². The molecule has 2 aromatic rings. The number of aromatic nitrogens is 1. The third-order valence-electron chi connectivity index (χ3n) is 3.98. The van der Waals surface area contributed by atoms with Crippen LogP contribution in [0.5, 0.6) is 0 Å². The summed E-state index contributed by atoms with van der Waals surface area (Å²) in [6.45, 7) is 4.40. The van der Waals surface area contributed by atoms with Gasteiger partial charge in [-0.25, -0.2) is 0 Å². The van der Waals surface area contributed by atoms with Crippen LogP contribution in [0.25, 0.3) is 0 Å². The van der Waals surface area contributed by atoms with E-state index in [0.717, 1.165) is 19.3 Å². The first kappa shape index (κ1) is 14.7. The van der Waals surface area contributed by atoms with Crippen LogP contribution >= 0.6 is 0 Å². The standard InChI is InChI=1S/C18H24N2/c1-14-7-6-8-15(2)18(14)13-17(19-3)11-10-16-9-4-5-12-20-16/h4-9,12,17,19H,10-11,13H2,1-3H3. The van der Waals surface area contributed by atoms with Gasteiger partial charge in [0.15, 0.2) is 0 Å². The molecule has 0 aliphatic carbocycles. The quantitative estimate of drug-likeness (QED) is 0.868. The molecule has 0 saturated carbocycles. The fourth-order valence-electron chi connectivity index (χ4n) is 2.63. The summed E-state index contributed by atoms with van der Waals surface area (Å²) in [6.07, 6.45) is 5.09. The number of hydrogen-bond acceptors (Lipinski definition) is 2. The van der Waals surface area contributed by atoms with Gasteiger partial charge in [0, 0.05) is 17.9 Å². The first-order chi connectivity index (χ1) is 9.70. The normalized spacial score (nSPS) is 12.3. The fraction of sp³-hybridized carbons (Fsp3) is 0.389. The number of benzene rings is 1. The Hall–Kier alpha value is -1.67. The van der Waals surface area contributed by atoms with Gasteiger partial charge in [-0.3, -0.25) is 4.98 Å². The summed E-state index contributed by atoms with van der Waals surface area (Å²) in [4.78, 5) is 4.40. The predicted octanol–water partition coefficient (Wildman–Crippen LogP) is 3.46. The van der Waals surface area contributed by atoms with Crippen molar-refractivity contribution in [2.45, 2.75) is 39.2 Å². The molecule has 0 spiro atoms. The van der Waals surface area contributed by atoms with Crippen molar-refractivity contribution in [2.75, 3.05) is 7.05 Å². The Morgan fingerprint density at radius 3 is 2.40 bits per heavy atom. The lowest BCUT2D eigenvalue weighted by Gasteiger charge is -2.19. The predicted molar refractivity (Wildman–Crippen MR) is 85.0 cm³/mol. The maximum absolute atomic E-state index is 4.40. The first-order valence-corrected chi connectivity index (χ1v) is 7.33. The summed E-state index contributed by atoms with van der Waals surface area (Å²) in [7, 11) is 2.05. The molecule has 0 saturated heterocycles.